The Morgan fingerprint density at radius 1 is 1.30 bits per heavy atom. The second-order valence-corrected chi connectivity index (χ2v) is 6.24. The number of hydrogen-bond donors (Lipinski definition) is 1. The van der Waals surface area contributed by atoms with Gasteiger partial charge in [0.2, 0.25) is 5.88 Å². The van der Waals surface area contributed by atoms with Crippen molar-refractivity contribution in [2.45, 2.75) is 32.0 Å². The van der Waals surface area contributed by atoms with Crippen LogP contribution in [0.15, 0.2) is 36.5 Å². The van der Waals surface area contributed by atoms with Crippen molar-refractivity contribution < 1.29 is 22.7 Å². The maximum absolute atomic E-state index is 13.1. The van der Waals surface area contributed by atoms with Crippen molar-refractivity contribution in [3.63, 3.8) is 0 Å². The molecule has 1 aromatic heterocycles. The van der Waals surface area contributed by atoms with Crippen LogP contribution < -0.4 is 10.1 Å². The monoisotopic (exact) mass is 380 g/mol. The molecule has 3 rings (SSSR count). The van der Waals surface area contributed by atoms with Gasteiger partial charge in [0.05, 0.1) is 17.8 Å². The van der Waals surface area contributed by atoms with Crippen molar-refractivity contribution in [1.29, 1.82) is 0 Å². The van der Waals surface area contributed by atoms with Gasteiger partial charge in [0.15, 0.2) is 0 Å². The van der Waals surface area contributed by atoms with Crippen LogP contribution in [0.3, 0.4) is 0 Å². The summed E-state index contributed by atoms with van der Waals surface area (Å²) in [5, 5.41) is 2.37. The topological polar surface area (TPSA) is 67.3 Å². The molecule has 0 spiro atoms. The van der Waals surface area contributed by atoms with Gasteiger partial charge in [-0.25, -0.2) is 9.78 Å². The Morgan fingerprint density at radius 3 is 2.81 bits per heavy atom. The van der Waals surface area contributed by atoms with Crippen molar-refractivity contribution in [2.75, 3.05) is 18.4 Å². The number of ether oxygens (including phenoxy) is 1. The minimum absolute atomic E-state index is 0.260. The Balaban J connectivity index is 1.65. The number of hydrogen-bond acceptors (Lipinski definition) is 4. The van der Waals surface area contributed by atoms with E-state index in [1.165, 1.54) is 23.1 Å². The maximum Gasteiger partial charge on any atom is 0.418 e. The smallest absolute Gasteiger partial charge is 0.418 e. The number of urea groups is 1. The second-order valence-electron chi connectivity index (χ2n) is 6.24. The molecule has 2 amide bonds. The van der Waals surface area contributed by atoms with Gasteiger partial charge in [-0.05, 0) is 31.9 Å². The lowest BCUT2D eigenvalue weighted by molar-refractivity contribution is -0.136. The number of anilines is 1. The quantitative estimate of drug-likeness (QED) is 0.878. The van der Waals surface area contributed by atoms with Crippen molar-refractivity contribution in [3.8, 4) is 5.88 Å². The molecule has 0 bridgehead atoms. The number of amides is 2. The molecular formula is C18H19F3N4O2. The number of halogens is 3. The highest BCUT2D eigenvalue weighted by molar-refractivity contribution is 5.90. The number of rotatable bonds is 3. The molecule has 2 heterocycles. The first kappa shape index (κ1) is 18.9. The number of nitrogens with zero attached hydrogens (tertiary/aromatic N) is 3. The average Bonchev–Trinajstić information content (AvgIpc) is 2.61. The van der Waals surface area contributed by atoms with Crippen molar-refractivity contribution >= 4 is 11.7 Å². The summed E-state index contributed by atoms with van der Waals surface area (Å²) in [6, 6.07) is 5.96. The summed E-state index contributed by atoms with van der Waals surface area (Å²) in [7, 11) is 0. The lowest BCUT2D eigenvalue weighted by Crippen LogP contribution is -2.46. The lowest BCUT2D eigenvalue weighted by atomic mass is 10.1. The Hall–Kier alpha value is -2.84. The van der Waals surface area contributed by atoms with Gasteiger partial charge in [-0.3, -0.25) is 0 Å². The summed E-state index contributed by atoms with van der Waals surface area (Å²) >= 11 is 0. The fourth-order valence-corrected chi connectivity index (χ4v) is 2.92. The van der Waals surface area contributed by atoms with Crippen LogP contribution in [-0.4, -0.2) is 40.1 Å². The highest BCUT2D eigenvalue weighted by atomic mass is 19.4. The summed E-state index contributed by atoms with van der Waals surface area (Å²) in [6.45, 7) is 2.46. The third kappa shape index (κ3) is 4.87. The zero-order chi connectivity index (χ0) is 19.4. The molecule has 0 aliphatic carbocycles. The van der Waals surface area contributed by atoms with E-state index in [2.05, 4.69) is 15.3 Å². The zero-order valence-corrected chi connectivity index (χ0v) is 14.7. The highest BCUT2D eigenvalue weighted by Gasteiger charge is 2.34. The van der Waals surface area contributed by atoms with Crippen LogP contribution in [0.4, 0.5) is 23.7 Å². The molecule has 1 aromatic carbocycles. The van der Waals surface area contributed by atoms with Crippen LogP contribution in [-0.2, 0) is 6.18 Å². The van der Waals surface area contributed by atoms with Crippen LogP contribution in [0.1, 0.15) is 24.2 Å². The molecule has 144 valence electrons. The van der Waals surface area contributed by atoms with Gasteiger partial charge in [-0.2, -0.15) is 18.2 Å². The van der Waals surface area contributed by atoms with Gasteiger partial charge >= 0.3 is 12.2 Å². The molecule has 1 saturated heterocycles. The fraction of sp³-hybridized carbons (Fsp3) is 0.389. The maximum atomic E-state index is 13.1. The van der Waals surface area contributed by atoms with E-state index in [-0.39, 0.29) is 18.3 Å². The molecule has 0 saturated carbocycles. The summed E-state index contributed by atoms with van der Waals surface area (Å²) < 4.78 is 45.0. The summed E-state index contributed by atoms with van der Waals surface area (Å²) in [5.74, 6) is 0.985. The van der Waals surface area contributed by atoms with Gasteiger partial charge in [0, 0.05) is 18.8 Å². The van der Waals surface area contributed by atoms with Crippen LogP contribution in [0.25, 0.3) is 0 Å². The molecule has 6 nitrogen and oxygen atoms in total. The number of aryl methyl sites for hydroxylation is 1. The van der Waals surface area contributed by atoms with Gasteiger partial charge in [0.25, 0.3) is 0 Å². The van der Waals surface area contributed by atoms with Gasteiger partial charge in [0.1, 0.15) is 11.9 Å². The summed E-state index contributed by atoms with van der Waals surface area (Å²) in [6.07, 6.45) is -1.83. The minimum Gasteiger partial charge on any atom is -0.472 e. The molecule has 1 N–H and O–H groups in total. The van der Waals surface area contributed by atoms with Crippen LogP contribution in [0.2, 0.25) is 0 Å². The number of para-hydroxylation sites is 1. The first-order valence-corrected chi connectivity index (χ1v) is 8.51. The van der Waals surface area contributed by atoms with Crippen molar-refractivity contribution in [3.05, 3.63) is 47.9 Å². The largest absolute Gasteiger partial charge is 0.472 e. The first-order valence-electron chi connectivity index (χ1n) is 8.51. The molecule has 1 unspecified atom stereocenters. The van der Waals surface area contributed by atoms with E-state index >= 15 is 0 Å². The Bertz CT molecular complexity index is 813. The van der Waals surface area contributed by atoms with Crippen molar-refractivity contribution in [2.24, 2.45) is 0 Å². The molecule has 1 aliphatic heterocycles. The van der Waals surface area contributed by atoms with E-state index < -0.39 is 17.8 Å². The van der Waals surface area contributed by atoms with E-state index in [9.17, 15) is 18.0 Å². The Labute approximate surface area is 154 Å². The van der Waals surface area contributed by atoms with E-state index in [1.807, 2.05) is 0 Å². The Kier molecular flexibility index (Phi) is 5.48. The molecular weight excluding hydrogens is 361 g/mol. The normalized spacial score (nSPS) is 17.5. The molecule has 1 atom stereocenters. The number of piperidine rings is 1. The fourth-order valence-electron chi connectivity index (χ4n) is 2.92. The number of nitrogens with one attached hydrogen (secondary N) is 1. The summed E-state index contributed by atoms with van der Waals surface area (Å²) in [5.41, 5.74) is -1.14. The summed E-state index contributed by atoms with van der Waals surface area (Å²) in [4.78, 5) is 22.1. The van der Waals surface area contributed by atoms with E-state index in [1.54, 1.807) is 19.2 Å². The second kappa shape index (κ2) is 7.81. The molecule has 1 fully saturated rings. The standard InChI is InChI=1S/C18H19F3N4O2/c1-12-22-9-8-16(23-12)27-13-5-4-10-25(11-13)17(26)24-15-7-3-2-6-14(15)18(19,20)21/h2-3,6-9,13H,4-5,10-11H2,1H3,(H,24,26). The first-order chi connectivity index (χ1) is 12.8. The van der Waals surface area contributed by atoms with E-state index in [0.29, 0.717) is 24.7 Å². The molecule has 2 aromatic rings. The predicted molar refractivity (Wildman–Crippen MR) is 92.5 cm³/mol. The van der Waals surface area contributed by atoms with Gasteiger partial charge in [-0.15, -0.1) is 0 Å². The van der Waals surface area contributed by atoms with Gasteiger partial charge in [-0.1, -0.05) is 12.1 Å². The Morgan fingerprint density at radius 2 is 2.07 bits per heavy atom. The molecule has 9 heteroatoms. The number of alkyl halides is 3. The number of likely N-dealkylation sites (tertiary alicyclic amines) is 1. The zero-order valence-electron chi connectivity index (χ0n) is 14.7. The highest BCUT2D eigenvalue weighted by Crippen LogP contribution is 2.34. The number of benzene rings is 1. The van der Waals surface area contributed by atoms with E-state index in [4.69, 9.17) is 4.74 Å². The third-order valence-corrected chi connectivity index (χ3v) is 4.18. The third-order valence-electron chi connectivity index (χ3n) is 4.18. The lowest BCUT2D eigenvalue weighted by Gasteiger charge is -2.32. The number of aromatic nitrogens is 2. The average molecular weight is 380 g/mol. The van der Waals surface area contributed by atoms with Gasteiger partial charge < -0.3 is 15.0 Å². The SMILES string of the molecule is Cc1nccc(OC2CCCN(C(=O)Nc3ccccc3C(F)(F)F)C2)n1. The number of carbonyl (C=O) groups excluding carboxylic acids is 1. The van der Waals surface area contributed by atoms with Crippen molar-refractivity contribution in [1.82, 2.24) is 14.9 Å². The van der Waals surface area contributed by atoms with E-state index in [0.717, 1.165) is 12.5 Å². The minimum atomic E-state index is -4.54. The number of carbonyl (C=O) groups is 1. The van der Waals surface area contributed by atoms with Crippen LogP contribution in [0, 0.1) is 6.92 Å². The molecule has 0 radical (unpaired) electrons. The van der Waals surface area contributed by atoms with Crippen LogP contribution in [0.5, 0.6) is 5.88 Å². The molecule has 27 heavy (non-hydrogen) atoms. The molecule has 1 aliphatic rings. The predicted octanol–water partition coefficient (Wildman–Crippen LogP) is 3.88. The van der Waals surface area contributed by atoms with Crippen LogP contribution >= 0.6 is 0 Å².